The summed E-state index contributed by atoms with van der Waals surface area (Å²) in [5.41, 5.74) is 0.490. The van der Waals surface area contributed by atoms with Gasteiger partial charge in [0.1, 0.15) is 5.82 Å². The highest BCUT2D eigenvalue weighted by Crippen LogP contribution is 2.23. The maximum absolute atomic E-state index is 13.1. The van der Waals surface area contributed by atoms with Crippen LogP contribution in [0.5, 0.6) is 0 Å². The molecule has 0 spiro atoms. The molecule has 0 N–H and O–H groups in total. The van der Waals surface area contributed by atoms with E-state index in [1.807, 2.05) is 0 Å². The van der Waals surface area contributed by atoms with Gasteiger partial charge in [0, 0.05) is 18.2 Å². The minimum absolute atomic E-state index is 0.0619. The van der Waals surface area contributed by atoms with Crippen molar-refractivity contribution in [2.24, 2.45) is 0 Å². The van der Waals surface area contributed by atoms with Gasteiger partial charge >= 0.3 is 0 Å². The summed E-state index contributed by atoms with van der Waals surface area (Å²) in [5, 5.41) is 0.122. The number of carbonyl (C=O) groups excluding carboxylic acids is 1. The number of hydrogen-bond acceptors (Lipinski definition) is 2. The van der Waals surface area contributed by atoms with Crippen molar-refractivity contribution in [1.29, 1.82) is 0 Å². The molecule has 0 heterocycles. The fourth-order valence-electron chi connectivity index (χ4n) is 0.983. The molecule has 0 amide bonds. The molecule has 1 aromatic rings. The number of aldehydes is 1. The number of hydrogen-bond donors (Lipinski definition) is 0. The van der Waals surface area contributed by atoms with Crippen molar-refractivity contribution in [3.05, 3.63) is 34.1 Å². The predicted molar refractivity (Wildman–Crippen MR) is 47.5 cm³/mol. The van der Waals surface area contributed by atoms with Crippen LogP contribution in [-0.4, -0.2) is 13.4 Å². The Morgan fingerprint density at radius 1 is 1.62 bits per heavy atom. The summed E-state index contributed by atoms with van der Waals surface area (Å²) >= 11 is 5.74. The van der Waals surface area contributed by atoms with Crippen LogP contribution in [0.2, 0.25) is 5.02 Å². The minimum atomic E-state index is -0.461. The lowest BCUT2D eigenvalue weighted by atomic mass is 10.1. The van der Waals surface area contributed by atoms with Crippen LogP contribution in [0.3, 0.4) is 0 Å². The molecule has 0 aromatic heterocycles. The largest absolute Gasteiger partial charge is 0.380 e. The van der Waals surface area contributed by atoms with Gasteiger partial charge in [-0.25, -0.2) is 4.39 Å². The summed E-state index contributed by atoms with van der Waals surface area (Å²) in [6, 6.07) is 2.54. The smallest absolute Gasteiger partial charge is 0.151 e. The van der Waals surface area contributed by atoms with E-state index >= 15 is 0 Å². The molecule has 70 valence electrons. The first-order valence-electron chi connectivity index (χ1n) is 3.61. The quantitative estimate of drug-likeness (QED) is 0.704. The lowest BCUT2D eigenvalue weighted by molar-refractivity contribution is 0.112. The Hall–Kier alpha value is -0.930. The Labute approximate surface area is 80.3 Å². The summed E-state index contributed by atoms with van der Waals surface area (Å²) in [4.78, 5) is 10.4. The first-order chi connectivity index (χ1) is 6.20. The fourth-order valence-corrected chi connectivity index (χ4v) is 1.24. The second kappa shape index (κ2) is 4.35. The highest BCUT2D eigenvalue weighted by molar-refractivity contribution is 6.33. The molecule has 0 aliphatic carbocycles. The molecule has 2 nitrogen and oxygen atoms in total. The average Bonchev–Trinajstić information content (AvgIpc) is 2.12. The Balaban J connectivity index is 3.21. The van der Waals surface area contributed by atoms with Gasteiger partial charge in [-0.1, -0.05) is 11.6 Å². The third-order valence-corrected chi connectivity index (χ3v) is 2.08. The highest BCUT2D eigenvalue weighted by atomic mass is 35.5. The van der Waals surface area contributed by atoms with Crippen molar-refractivity contribution in [2.75, 3.05) is 7.11 Å². The third-order valence-electron chi connectivity index (χ3n) is 1.63. The molecular formula is C9H8ClFO2. The van der Waals surface area contributed by atoms with Crippen molar-refractivity contribution in [2.45, 2.75) is 6.61 Å². The van der Waals surface area contributed by atoms with Crippen LogP contribution in [0.25, 0.3) is 0 Å². The van der Waals surface area contributed by atoms with Crippen LogP contribution in [-0.2, 0) is 11.3 Å². The molecule has 0 saturated heterocycles. The lowest BCUT2D eigenvalue weighted by Gasteiger charge is -2.05. The summed E-state index contributed by atoms with van der Waals surface area (Å²) < 4.78 is 17.8. The second-order valence-corrected chi connectivity index (χ2v) is 2.86. The molecule has 1 rings (SSSR count). The normalized spacial score (nSPS) is 10.1. The first-order valence-corrected chi connectivity index (χ1v) is 3.99. The summed E-state index contributed by atoms with van der Waals surface area (Å²) in [6.07, 6.45) is 0.584. The van der Waals surface area contributed by atoms with Crippen molar-refractivity contribution >= 4 is 17.9 Å². The zero-order chi connectivity index (χ0) is 9.84. The molecule has 13 heavy (non-hydrogen) atoms. The van der Waals surface area contributed by atoms with Crippen LogP contribution in [0, 0.1) is 5.82 Å². The summed E-state index contributed by atoms with van der Waals surface area (Å²) in [5.74, 6) is -0.461. The molecular weight excluding hydrogens is 195 g/mol. The Morgan fingerprint density at radius 2 is 2.31 bits per heavy atom. The molecule has 0 unspecified atom stereocenters. The van der Waals surface area contributed by atoms with Crippen molar-refractivity contribution in [1.82, 2.24) is 0 Å². The Bertz CT molecular complexity index is 326. The van der Waals surface area contributed by atoms with Crippen LogP contribution < -0.4 is 0 Å². The molecule has 0 atom stereocenters. The lowest BCUT2D eigenvalue weighted by Crippen LogP contribution is -1.97. The number of rotatable bonds is 3. The first kappa shape index (κ1) is 10.2. The van der Waals surface area contributed by atoms with Gasteiger partial charge in [-0.3, -0.25) is 4.79 Å². The average molecular weight is 203 g/mol. The minimum Gasteiger partial charge on any atom is -0.380 e. The van der Waals surface area contributed by atoms with Gasteiger partial charge in [0.25, 0.3) is 0 Å². The monoisotopic (exact) mass is 202 g/mol. The van der Waals surface area contributed by atoms with E-state index in [4.69, 9.17) is 16.3 Å². The maximum atomic E-state index is 13.1. The summed E-state index contributed by atoms with van der Waals surface area (Å²) in [6.45, 7) is 0.0619. The molecule has 0 aliphatic heterocycles. The van der Waals surface area contributed by atoms with Crippen LogP contribution in [0.1, 0.15) is 15.9 Å². The van der Waals surface area contributed by atoms with Crippen molar-refractivity contribution in [3.63, 3.8) is 0 Å². The zero-order valence-electron chi connectivity index (χ0n) is 7.01. The Kier molecular flexibility index (Phi) is 3.39. The predicted octanol–water partition coefficient (Wildman–Crippen LogP) is 2.44. The number of benzene rings is 1. The van der Waals surface area contributed by atoms with E-state index in [0.717, 1.165) is 0 Å². The third kappa shape index (κ3) is 2.05. The Morgan fingerprint density at radius 3 is 2.85 bits per heavy atom. The van der Waals surface area contributed by atoms with Crippen molar-refractivity contribution in [3.8, 4) is 0 Å². The van der Waals surface area contributed by atoms with Crippen LogP contribution in [0.4, 0.5) is 4.39 Å². The van der Waals surface area contributed by atoms with Gasteiger partial charge in [-0.15, -0.1) is 0 Å². The number of methoxy groups -OCH3 is 1. The SMILES string of the molecule is COCc1c(F)ccc(C=O)c1Cl. The second-order valence-electron chi connectivity index (χ2n) is 2.48. The molecule has 0 saturated carbocycles. The van der Waals surface area contributed by atoms with E-state index in [1.165, 1.54) is 19.2 Å². The molecule has 0 radical (unpaired) electrons. The molecule has 0 bridgehead atoms. The number of ether oxygens (including phenoxy) is 1. The molecule has 1 aromatic carbocycles. The molecule has 0 aliphatic rings. The standard InChI is InChI=1S/C9H8ClFO2/c1-13-5-7-8(11)3-2-6(4-12)9(7)10/h2-4H,5H2,1H3. The fraction of sp³-hybridized carbons (Fsp3) is 0.222. The van der Waals surface area contributed by atoms with Gasteiger partial charge in [0.05, 0.1) is 11.6 Å². The van der Waals surface area contributed by atoms with E-state index < -0.39 is 5.82 Å². The van der Waals surface area contributed by atoms with Gasteiger partial charge in [0.15, 0.2) is 6.29 Å². The number of halogens is 2. The highest BCUT2D eigenvalue weighted by Gasteiger charge is 2.10. The maximum Gasteiger partial charge on any atom is 0.151 e. The zero-order valence-corrected chi connectivity index (χ0v) is 7.77. The van der Waals surface area contributed by atoms with E-state index in [-0.39, 0.29) is 22.8 Å². The van der Waals surface area contributed by atoms with E-state index in [1.54, 1.807) is 0 Å². The van der Waals surface area contributed by atoms with Crippen LogP contribution >= 0.6 is 11.6 Å². The van der Waals surface area contributed by atoms with Gasteiger partial charge in [-0.05, 0) is 12.1 Å². The van der Waals surface area contributed by atoms with Crippen molar-refractivity contribution < 1.29 is 13.9 Å². The molecule has 0 fully saturated rings. The summed E-state index contributed by atoms with van der Waals surface area (Å²) in [7, 11) is 1.43. The molecule has 4 heteroatoms. The van der Waals surface area contributed by atoms with Crippen LogP contribution in [0.15, 0.2) is 12.1 Å². The number of carbonyl (C=O) groups is 1. The van der Waals surface area contributed by atoms with Gasteiger partial charge in [0.2, 0.25) is 0 Å². The van der Waals surface area contributed by atoms with E-state index in [2.05, 4.69) is 0 Å². The van der Waals surface area contributed by atoms with E-state index in [9.17, 15) is 9.18 Å². The van der Waals surface area contributed by atoms with E-state index in [0.29, 0.717) is 6.29 Å². The van der Waals surface area contributed by atoms with Gasteiger partial charge in [-0.2, -0.15) is 0 Å². The topological polar surface area (TPSA) is 26.3 Å². The van der Waals surface area contributed by atoms with Gasteiger partial charge < -0.3 is 4.74 Å².